The standard InChI is InChI=1S/C55H66N6O9/c1-8-51(57-50(65)61-30-35-15-10-11-16-36(35)31-61)27-34-28-54(48(63)68-6,44-38(19-23-59(29-34)32-51)37-17-12-13-18-41(37)56-44)40-25-39-42(26-43(40)67-5)58(4)46-53(39)21-24-60-22-14-20-52(9-2,45(53)60)47(70-33(3)62)55(46,66)49(64)69-7/h10-18,20,25-26,34,45-47,56,66H,8-9,19,21-24,27-32H2,1-7H3,(H,57,65)/t34-,45+,46-,47-,51+,52-,53-,54+,55+/m1/s1. The first-order chi connectivity index (χ1) is 33.7. The fourth-order valence-electron chi connectivity index (χ4n) is 15.5. The number of aliphatic hydroxyl groups is 1. The number of hydrogen-bond acceptors (Lipinski definition) is 12. The van der Waals surface area contributed by atoms with E-state index >= 15 is 4.79 Å². The molecule has 70 heavy (non-hydrogen) atoms. The van der Waals surface area contributed by atoms with Crippen LogP contribution in [0.5, 0.6) is 5.75 Å². The lowest BCUT2D eigenvalue weighted by Crippen LogP contribution is -2.81. The monoisotopic (exact) mass is 954 g/mol. The topological polar surface area (TPSA) is 166 Å². The van der Waals surface area contributed by atoms with E-state index in [0.717, 1.165) is 44.5 Å². The molecule has 2 saturated heterocycles. The Balaban J connectivity index is 1.12. The molecule has 7 heterocycles. The Hall–Kier alpha value is -5.90. The lowest BCUT2D eigenvalue weighted by molar-refractivity contribution is -0.228. The third-order valence-corrected chi connectivity index (χ3v) is 18.1. The van der Waals surface area contributed by atoms with E-state index < -0.39 is 57.4 Å². The molecule has 3 fully saturated rings. The molecule has 2 amide bonds. The van der Waals surface area contributed by atoms with Crippen molar-refractivity contribution in [1.29, 1.82) is 0 Å². The summed E-state index contributed by atoms with van der Waals surface area (Å²) < 4.78 is 24.3. The van der Waals surface area contributed by atoms with Crippen LogP contribution in [0.25, 0.3) is 10.9 Å². The quantitative estimate of drug-likeness (QED) is 0.112. The van der Waals surface area contributed by atoms with Crippen molar-refractivity contribution in [1.82, 2.24) is 25.0 Å². The predicted molar refractivity (Wildman–Crippen MR) is 262 cm³/mol. The number of esters is 3. The molecule has 7 aliphatic rings. The van der Waals surface area contributed by atoms with Crippen LogP contribution in [0.4, 0.5) is 10.5 Å². The van der Waals surface area contributed by atoms with Crippen molar-refractivity contribution in [2.24, 2.45) is 11.3 Å². The Morgan fingerprint density at radius 2 is 1.61 bits per heavy atom. The van der Waals surface area contributed by atoms with Gasteiger partial charge in [0.2, 0.25) is 5.60 Å². The molecule has 3 aromatic carbocycles. The molecule has 370 valence electrons. The number of likely N-dealkylation sites (N-methyl/N-ethyl adjacent to an activating group) is 1. The van der Waals surface area contributed by atoms with Gasteiger partial charge in [-0.1, -0.05) is 68.5 Å². The van der Waals surface area contributed by atoms with Crippen LogP contribution in [-0.2, 0) is 58.9 Å². The molecule has 2 bridgehead atoms. The molecule has 0 radical (unpaired) electrons. The van der Waals surface area contributed by atoms with Crippen LogP contribution in [0.3, 0.4) is 0 Å². The molecular formula is C55H66N6O9. The van der Waals surface area contributed by atoms with Gasteiger partial charge >= 0.3 is 23.9 Å². The summed E-state index contributed by atoms with van der Waals surface area (Å²) in [5, 5.41) is 18.1. The number of anilines is 1. The number of hydrogen-bond donors (Lipinski definition) is 3. The van der Waals surface area contributed by atoms with E-state index in [1.54, 1.807) is 7.11 Å². The summed E-state index contributed by atoms with van der Waals surface area (Å²) >= 11 is 0. The number of piperidine rings is 1. The molecule has 15 nitrogen and oxygen atoms in total. The smallest absolute Gasteiger partial charge is 0.344 e. The zero-order valence-corrected chi connectivity index (χ0v) is 41.4. The van der Waals surface area contributed by atoms with Gasteiger partial charge in [0.25, 0.3) is 0 Å². The summed E-state index contributed by atoms with van der Waals surface area (Å²) in [5.41, 5.74) is 0.848. The van der Waals surface area contributed by atoms with Gasteiger partial charge in [0.05, 0.1) is 32.9 Å². The number of carbonyl (C=O) groups is 4. The minimum absolute atomic E-state index is 0.0937. The average Bonchev–Trinajstić information content (AvgIpc) is 4.15. The third kappa shape index (κ3) is 6.28. The van der Waals surface area contributed by atoms with Crippen molar-refractivity contribution >= 4 is 40.5 Å². The van der Waals surface area contributed by atoms with E-state index in [1.807, 2.05) is 60.2 Å². The number of amides is 2. The Labute approximate surface area is 409 Å². The van der Waals surface area contributed by atoms with E-state index in [2.05, 4.69) is 63.4 Å². The number of methoxy groups -OCH3 is 3. The molecule has 1 spiro atoms. The van der Waals surface area contributed by atoms with Gasteiger partial charge in [0.15, 0.2) is 6.10 Å². The number of aromatic nitrogens is 1. The lowest BCUT2D eigenvalue weighted by atomic mass is 9.47. The number of ether oxygens (including phenoxy) is 4. The number of aromatic amines is 1. The highest BCUT2D eigenvalue weighted by atomic mass is 16.6. The molecule has 1 aliphatic carbocycles. The van der Waals surface area contributed by atoms with Crippen LogP contribution in [-0.4, -0.2) is 139 Å². The maximum atomic E-state index is 15.8. The number of urea groups is 1. The van der Waals surface area contributed by atoms with Crippen molar-refractivity contribution in [2.45, 2.75) is 113 Å². The maximum Gasteiger partial charge on any atom is 0.344 e. The van der Waals surface area contributed by atoms with Gasteiger partial charge in [-0.05, 0) is 85.4 Å². The molecule has 6 aliphatic heterocycles. The van der Waals surface area contributed by atoms with Crippen molar-refractivity contribution < 1.29 is 43.2 Å². The van der Waals surface area contributed by atoms with Crippen molar-refractivity contribution in [3.63, 3.8) is 0 Å². The second kappa shape index (κ2) is 16.6. The highest BCUT2D eigenvalue weighted by Gasteiger charge is 2.80. The van der Waals surface area contributed by atoms with E-state index in [0.29, 0.717) is 95.7 Å². The Morgan fingerprint density at radius 1 is 0.886 bits per heavy atom. The fraction of sp³-hybridized carbons (Fsp3) is 0.527. The van der Waals surface area contributed by atoms with Gasteiger partial charge in [-0.2, -0.15) is 0 Å². The average molecular weight is 955 g/mol. The van der Waals surface area contributed by atoms with Gasteiger partial charge in [0, 0.05) is 104 Å². The third-order valence-electron chi connectivity index (χ3n) is 18.1. The number of nitrogens with one attached hydrogen (secondary N) is 2. The van der Waals surface area contributed by atoms with E-state index in [9.17, 15) is 19.5 Å². The number of nitrogens with zero attached hydrogens (tertiary/aromatic N) is 4. The molecule has 1 unspecified atom stereocenters. The number of fused-ring (bicyclic) bond motifs is 7. The highest BCUT2D eigenvalue weighted by Crippen LogP contribution is 2.68. The number of para-hydroxylation sites is 1. The molecule has 4 aromatic rings. The molecule has 11 rings (SSSR count). The minimum atomic E-state index is -2.33. The van der Waals surface area contributed by atoms with Crippen molar-refractivity contribution in [3.8, 4) is 5.75 Å². The first kappa shape index (κ1) is 46.5. The molecule has 1 saturated carbocycles. The summed E-state index contributed by atoms with van der Waals surface area (Å²) in [7, 11) is 6.19. The zero-order chi connectivity index (χ0) is 49.1. The highest BCUT2D eigenvalue weighted by molar-refractivity contribution is 5.95. The lowest BCUT2D eigenvalue weighted by Gasteiger charge is -2.63. The van der Waals surface area contributed by atoms with Crippen LogP contribution in [0.1, 0.15) is 86.4 Å². The second-order valence-electron chi connectivity index (χ2n) is 21.3. The van der Waals surface area contributed by atoms with Crippen LogP contribution in [0.15, 0.2) is 72.8 Å². The first-order valence-electron chi connectivity index (χ1n) is 25.1. The van der Waals surface area contributed by atoms with Crippen molar-refractivity contribution in [3.05, 3.63) is 106 Å². The van der Waals surface area contributed by atoms with E-state index in [4.69, 9.17) is 18.9 Å². The number of H-pyrrole nitrogens is 1. The molecular weight excluding hydrogens is 889 g/mol. The van der Waals surface area contributed by atoms with Gasteiger partial charge in [-0.3, -0.25) is 14.5 Å². The number of benzene rings is 3. The van der Waals surface area contributed by atoms with Crippen molar-refractivity contribution in [2.75, 3.05) is 66.0 Å². The number of rotatable bonds is 8. The predicted octanol–water partition coefficient (Wildman–Crippen LogP) is 5.72. The Bertz CT molecular complexity index is 2820. The summed E-state index contributed by atoms with van der Waals surface area (Å²) in [6, 6.07) is 19.1. The van der Waals surface area contributed by atoms with Crippen LogP contribution < -0.4 is 15.0 Å². The SMILES string of the molecule is CC[C@]1(NC(=O)N2Cc3ccccc3C2)C[C@H]2CN(CCc3c([nH]c4ccccc34)[C@@](C(=O)OC)(c3cc4c(cc3OC)N(C)[C@H]3[C@@](O)(C(=O)OC)[C@H](OC(C)=O)[C@]5(CC)C=CCN6CC[C@]43[C@@H]65)C2)C1. The fourth-order valence-corrected chi connectivity index (χ4v) is 15.5. The Kier molecular flexibility index (Phi) is 11.0. The maximum absolute atomic E-state index is 15.8. The van der Waals surface area contributed by atoms with Crippen LogP contribution in [0.2, 0.25) is 0 Å². The molecule has 1 aromatic heterocycles. The van der Waals surface area contributed by atoms with Gasteiger partial charge in [-0.25, -0.2) is 9.59 Å². The van der Waals surface area contributed by atoms with Gasteiger partial charge < -0.3 is 49.1 Å². The van der Waals surface area contributed by atoms with Crippen LogP contribution in [0, 0.1) is 11.3 Å². The van der Waals surface area contributed by atoms with Gasteiger partial charge in [0.1, 0.15) is 11.2 Å². The zero-order valence-electron chi connectivity index (χ0n) is 41.4. The minimum Gasteiger partial charge on any atom is -0.496 e. The molecule has 15 heteroatoms. The number of carbonyl (C=O) groups excluding carboxylic acids is 4. The normalized spacial score (nSPS) is 33.7. The summed E-state index contributed by atoms with van der Waals surface area (Å²) in [4.78, 5) is 70.5. The van der Waals surface area contributed by atoms with Gasteiger partial charge in [-0.15, -0.1) is 0 Å². The first-order valence-corrected chi connectivity index (χ1v) is 25.1. The van der Waals surface area contributed by atoms with E-state index in [-0.39, 0.29) is 18.0 Å². The summed E-state index contributed by atoms with van der Waals surface area (Å²) in [6.45, 7) is 9.91. The van der Waals surface area contributed by atoms with E-state index in [1.165, 1.54) is 21.1 Å². The molecule has 3 N–H and O–H groups in total. The summed E-state index contributed by atoms with van der Waals surface area (Å²) in [6.07, 6.45) is 6.08. The summed E-state index contributed by atoms with van der Waals surface area (Å²) in [5.74, 6) is -1.60. The molecule has 10 atom stereocenters. The largest absolute Gasteiger partial charge is 0.496 e. The Morgan fingerprint density at radius 3 is 2.30 bits per heavy atom. The second-order valence-corrected chi connectivity index (χ2v) is 21.3. The van der Waals surface area contributed by atoms with Crippen LogP contribution >= 0.6 is 0 Å².